The third-order valence-electron chi connectivity index (χ3n) is 4.00. The molecule has 6 nitrogen and oxygen atoms in total. The molecule has 0 fully saturated rings. The van der Waals surface area contributed by atoms with Gasteiger partial charge in [0.15, 0.2) is 11.5 Å². The Kier molecular flexibility index (Phi) is 6.97. The van der Waals surface area contributed by atoms with Gasteiger partial charge in [-0.05, 0) is 79.2 Å². The molecular formula is C22H20ClNO5S. The predicted molar refractivity (Wildman–Crippen MR) is 117 cm³/mol. The van der Waals surface area contributed by atoms with E-state index in [4.69, 9.17) is 25.3 Å². The fourth-order valence-electron chi connectivity index (χ4n) is 2.53. The van der Waals surface area contributed by atoms with Crippen LogP contribution < -0.4 is 13.7 Å². The van der Waals surface area contributed by atoms with Crippen LogP contribution in [-0.2, 0) is 10.1 Å². The standard InChI is InChI=1S/C22H20ClNO5S/c1-3-28-22-14-16(15-24-18-7-9-19(27-2)10-8-18)4-13-21(22)29-30(25,26)20-11-5-17(23)6-12-20/h4-15H,3H2,1-2H3. The zero-order chi connectivity index (χ0) is 21.6. The molecule has 0 aliphatic heterocycles. The van der Waals surface area contributed by atoms with Crippen molar-refractivity contribution in [2.75, 3.05) is 13.7 Å². The average molecular weight is 446 g/mol. The van der Waals surface area contributed by atoms with Crippen LogP contribution in [0.5, 0.6) is 17.2 Å². The van der Waals surface area contributed by atoms with Gasteiger partial charge in [-0.25, -0.2) is 0 Å². The van der Waals surface area contributed by atoms with Gasteiger partial charge in [0.2, 0.25) is 0 Å². The van der Waals surface area contributed by atoms with Gasteiger partial charge in [0.1, 0.15) is 10.6 Å². The zero-order valence-corrected chi connectivity index (χ0v) is 18.0. The van der Waals surface area contributed by atoms with Crippen molar-refractivity contribution in [2.24, 2.45) is 4.99 Å². The van der Waals surface area contributed by atoms with E-state index in [1.807, 2.05) is 24.3 Å². The summed E-state index contributed by atoms with van der Waals surface area (Å²) in [5.74, 6) is 1.14. The van der Waals surface area contributed by atoms with E-state index in [1.165, 1.54) is 30.3 Å². The number of hydrogen-bond donors (Lipinski definition) is 0. The van der Waals surface area contributed by atoms with Gasteiger partial charge in [0.05, 0.1) is 19.4 Å². The van der Waals surface area contributed by atoms with E-state index in [1.54, 1.807) is 32.4 Å². The second-order valence-corrected chi connectivity index (χ2v) is 8.07. The first-order valence-corrected chi connectivity index (χ1v) is 10.8. The Morgan fingerprint density at radius 1 is 0.967 bits per heavy atom. The van der Waals surface area contributed by atoms with Gasteiger partial charge < -0.3 is 13.7 Å². The van der Waals surface area contributed by atoms with Crippen molar-refractivity contribution in [3.63, 3.8) is 0 Å². The summed E-state index contributed by atoms with van der Waals surface area (Å²) in [7, 11) is -2.43. The summed E-state index contributed by atoms with van der Waals surface area (Å²) < 4.78 is 41.1. The molecule has 0 N–H and O–H groups in total. The topological polar surface area (TPSA) is 74.2 Å². The van der Waals surface area contributed by atoms with E-state index in [0.29, 0.717) is 17.4 Å². The van der Waals surface area contributed by atoms with Gasteiger partial charge in [-0.15, -0.1) is 0 Å². The third kappa shape index (κ3) is 5.52. The maximum atomic E-state index is 12.6. The highest BCUT2D eigenvalue weighted by molar-refractivity contribution is 7.87. The fraction of sp³-hybridized carbons (Fsp3) is 0.136. The van der Waals surface area contributed by atoms with Crippen LogP contribution in [-0.4, -0.2) is 28.3 Å². The molecule has 0 bridgehead atoms. The van der Waals surface area contributed by atoms with Crippen molar-refractivity contribution in [1.29, 1.82) is 0 Å². The molecule has 0 unspecified atom stereocenters. The highest BCUT2D eigenvalue weighted by atomic mass is 35.5. The Morgan fingerprint density at radius 3 is 2.30 bits per heavy atom. The van der Waals surface area contributed by atoms with Gasteiger partial charge in [-0.1, -0.05) is 11.6 Å². The summed E-state index contributed by atoms with van der Waals surface area (Å²) in [6.07, 6.45) is 1.65. The lowest BCUT2D eigenvalue weighted by Crippen LogP contribution is -2.11. The molecular weight excluding hydrogens is 426 g/mol. The van der Waals surface area contributed by atoms with Crippen molar-refractivity contribution >= 4 is 33.6 Å². The van der Waals surface area contributed by atoms with E-state index in [0.717, 1.165) is 17.0 Å². The molecule has 30 heavy (non-hydrogen) atoms. The minimum absolute atomic E-state index is 0.000469. The molecule has 8 heteroatoms. The van der Waals surface area contributed by atoms with E-state index >= 15 is 0 Å². The summed E-state index contributed by atoms with van der Waals surface area (Å²) in [4.78, 5) is 4.41. The van der Waals surface area contributed by atoms with Crippen molar-refractivity contribution in [1.82, 2.24) is 0 Å². The smallest absolute Gasteiger partial charge is 0.339 e. The summed E-state index contributed by atoms with van der Waals surface area (Å²) in [5.41, 5.74) is 1.48. The van der Waals surface area contributed by atoms with E-state index in [9.17, 15) is 8.42 Å². The van der Waals surface area contributed by atoms with Crippen LogP contribution in [0.4, 0.5) is 5.69 Å². The second kappa shape index (κ2) is 9.65. The van der Waals surface area contributed by atoms with Crippen LogP contribution >= 0.6 is 11.6 Å². The lowest BCUT2D eigenvalue weighted by molar-refractivity contribution is 0.327. The number of aliphatic imine (C=N–C) groups is 1. The van der Waals surface area contributed by atoms with Crippen LogP contribution in [0.15, 0.2) is 76.6 Å². The summed E-state index contributed by atoms with van der Waals surface area (Å²) >= 11 is 5.82. The number of halogens is 1. The number of hydrogen-bond acceptors (Lipinski definition) is 6. The molecule has 0 amide bonds. The maximum Gasteiger partial charge on any atom is 0.339 e. The van der Waals surface area contributed by atoms with Crippen LogP contribution in [0.25, 0.3) is 0 Å². The third-order valence-corrected chi connectivity index (χ3v) is 5.50. The Balaban J connectivity index is 1.83. The number of rotatable bonds is 8. The summed E-state index contributed by atoms with van der Waals surface area (Å²) in [6.45, 7) is 2.14. The van der Waals surface area contributed by atoms with Crippen LogP contribution in [0.1, 0.15) is 12.5 Å². The largest absolute Gasteiger partial charge is 0.497 e. The van der Waals surface area contributed by atoms with Crippen molar-refractivity contribution in [3.8, 4) is 17.2 Å². The Bertz CT molecular complexity index is 1130. The quantitative estimate of drug-likeness (QED) is 0.349. The summed E-state index contributed by atoms with van der Waals surface area (Å²) in [6, 6.07) is 17.9. The SMILES string of the molecule is CCOc1cc(C=Nc2ccc(OC)cc2)ccc1OS(=O)(=O)c1ccc(Cl)cc1. The molecule has 0 spiro atoms. The molecule has 3 rings (SSSR count). The van der Waals surface area contributed by atoms with E-state index in [-0.39, 0.29) is 10.6 Å². The normalized spacial score (nSPS) is 11.4. The highest BCUT2D eigenvalue weighted by Gasteiger charge is 2.19. The number of ether oxygens (including phenoxy) is 2. The lowest BCUT2D eigenvalue weighted by Gasteiger charge is -2.12. The molecule has 0 radical (unpaired) electrons. The number of nitrogens with zero attached hydrogens (tertiary/aromatic N) is 1. The first-order valence-electron chi connectivity index (χ1n) is 9.06. The highest BCUT2D eigenvalue weighted by Crippen LogP contribution is 2.31. The molecule has 3 aromatic rings. The molecule has 0 heterocycles. The lowest BCUT2D eigenvalue weighted by atomic mass is 10.2. The number of benzene rings is 3. The first kappa shape index (κ1) is 21.7. The van der Waals surface area contributed by atoms with Crippen LogP contribution in [0.3, 0.4) is 0 Å². The molecule has 0 saturated carbocycles. The van der Waals surface area contributed by atoms with Gasteiger partial charge in [0.25, 0.3) is 0 Å². The number of methoxy groups -OCH3 is 1. The predicted octanol–water partition coefficient (Wildman–Crippen LogP) is 5.27. The molecule has 0 aliphatic carbocycles. The van der Waals surface area contributed by atoms with E-state index in [2.05, 4.69) is 4.99 Å². The van der Waals surface area contributed by atoms with E-state index < -0.39 is 10.1 Å². The Labute approximate surface area is 180 Å². The molecule has 0 saturated heterocycles. The minimum atomic E-state index is -4.03. The maximum absolute atomic E-state index is 12.6. The first-order chi connectivity index (χ1) is 14.4. The summed E-state index contributed by atoms with van der Waals surface area (Å²) in [5, 5.41) is 0.435. The Morgan fingerprint density at radius 2 is 1.67 bits per heavy atom. The van der Waals surface area contributed by atoms with Crippen LogP contribution in [0, 0.1) is 0 Å². The molecule has 0 aliphatic rings. The van der Waals surface area contributed by atoms with Crippen molar-refractivity contribution in [2.45, 2.75) is 11.8 Å². The molecule has 156 valence electrons. The molecule has 3 aromatic carbocycles. The fourth-order valence-corrected chi connectivity index (χ4v) is 3.59. The molecule has 0 aromatic heterocycles. The van der Waals surface area contributed by atoms with Gasteiger partial charge >= 0.3 is 10.1 Å². The van der Waals surface area contributed by atoms with Crippen LogP contribution in [0.2, 0.25) is 5.02 Å². The monoisotopic (exact) mass is 445 g/mol. The zero-order valence-electron chi connectivity index (χ0n) is 16.4. The second-order valence-electron chi connectivity index (χ2n) is 6.09. The minimum Gasteiger partial charge on any atom is -0.497 e. The Hall–Kier alpha value is -3.03. The van der Waals surface area contributed by atoms with Crippen molar-refractivity contribution in [3.05, 3.63) is 77.3 Å². The average Bonchev–Trinajstić information content (AvgIpc) is 2.74. The van der Waals surface area contributed by atoms with Gasteiger partial charge in [0, 0.05) is 11.2 Å². The van der Waals surface area contributed by atoms with Gasteiger partial charge in [-0.3, -0.25) is 4.99 Å². The van der Waals surface area contributed by atoms with Crippen molar-refractivity contribution < 1.29 is 22.1 Å². The molecule has 0 atom stereocenters. The van der Waals surface area contributed by atoms with Gasteiger partial charge in [-0.2, -0.15) is 8.42 Å².